The molecule has 0 atom stereocenters. The number of hydrogen-bond acceptors (Lipinski definition) is 2. The van der Waals surface area contributed by atoms with Gasteiger partial charge in [-0.15, -0.1) is 0 Å². The second-order valence-electron chi connectivity index (χ2n) is 6.34. The molecule has 1 aromatic rings. The molecule has 2 aliphatic rings. The van der Waals surface area contributed by atoms with Gasteiger partial charge in [-0.3, -0.25) is 0 Å². The molecule has 1 fully saturated rings. The standard InChI is InChI=1S/C17H25NO/c18-12-17(9-2-1-3-10-17)13-19-16-8-7-14-5-4-6-15(14)11-16/h7-8,11H,1-6,9-10,12-13,18H2. The summed E-state index contributed by atoms with van der Waals surface area (Å²) in [5, 5.41) is 0. The third-order valence-electron chi connectivity index (χ3n) is 4.96. The lowest BCUT2D eigenvalue weighted by molar-refractivity contribution is 0.105. The fourth-order valence-corrected chi connectivity index (χ4v) is 3.58. The Kier molecular flexibility index (Phi) is 3.79. The number of hydrogen-bond donors (Lipinski definition) is 1. The quantitative estimate of drug-likeness (QED) is 0.898. The van der Waals surface area contributed by atoms with Crippen LogP contribution in [-0.2, 0) is 12.8 Å². The molecule has 1 aromatic carbocycles. The van der Waals surface area contributed by atoms with Crippen molar-refractivity contribution in [2.45, 2.75) is 51.4 Å². The normalized spacial score (nSPS) is 21.1. The van der Waals surface area contributed by atoms with E-state index in [4.69, 9.17) is 10.5 Å². The largest absolute Gasteiger partial charge is 0.493 e. The predicted octanol–water partition coefficient (Wildman–Crippen LogP) is 3.46. The maximum absolute atomic E-state index is 6.08. The monoisotopic (exact) mass is 259 g/mol. The Morgan fingerprint density at radius 1 is 1.00 bits per heavy atom. The van der Waals surface area contributed by atoms with Crippen LogP contribution in [0.2, 0.25) is 0 Å². The van der Waals surface area contributed by atoms with E-state index < -0.39 is 0 Å². The average Bonchev–Trinajstić information content (AvgIpc) is 2.93. The van der Waals surface area contributed by atoms with Crippen LogP contribution in [0.5, 0.6) is 5.75 Å². The molecular weight excluding hydrogens is 234 g/mol. The van der Waals surface area contributed by atoms with E-state index >= 15 is 0 Å². The Morgan fingerprint density at radius 3 is 2.58 bits per heavy atom. The van der Waals surface area contributed by atoms with Gasteiger partial charge in [0.2, 0.25) is 0 Å². The molecule has 104 valence electrons. The lowest BCUT2D eigenvalue weighted by Gasteiger charge is -2.35. The Hall–Kier alpha value is -1.02. The van der Waals surface area contributed by atoms with Crippen LogP contribution in [-0.4, -0.2) is 13.2 Å². The van der Waals surface area contributed by atoms with E-state index in [1.54, 1.807) is 0 Å². The second-order valence-corrected chi connectivity index (χ2v) is 6.34. The van der Waals surface area contributed by atoms with Crippen LogP contribution in [0.3, 0.4) is 0 Å². The van der Waals surface area contributed by atoms with E-state index in [2.05, 4.69) is 18.2 Å². The van der Waals surface area contributed by atoms with Gasteiger partial charge < -0.3 is 10.5 Å². The average molecular weight is 259 g/mol. The maximum Gasteiger partial charge on any atom is 0.119 e. The molecule has 0 aromatic heterocycles. The number of fused-ring (bicyclic) bond motifs is 1. The summed E-state index contributed by atoms with van der Waals surface area (Å²) in [6.07, 6.45) is 10.2. The molecule has 0 heterocycles. The van der Waals surface area contributed by atoms with Gasteiger partial charge in [0.1, 0.15) is 5.75 Å². The molecule has 1 saturated carbocycles. The number of aryl methyl sites for hydroxylation is 2. The fourth-order valence-electron chi connectivity index (χ4n) is 3.58. The van der Waals surface area contributed by atoms with E-state index in [9.17, 15) is 0 Å². The molecule has 0 amide bonds. The summed E-state index contributed by atoms with van der Waals surface area (Å²) >= 11 is 0. The molecule has 2 heteroatoms. The summed E-state index contributed by atoms with van der Waals surface area (Å²) in [4.78, 5) is 0. The summed E-state index contributed by atoms with van der Waals surface area (Å²) in [7, 11) is 0. The Labute approximate surface area is 116 Å². The van der Waals surface area contributed by atoms with Gasteiger partial charge in [-0.05, 0) is 55.4 Å². The SMILES string of the molecule is NCC1(COc2ccc3c(c2)CCC3)CCCCC1. The van der Waals surface area contributed by atoms with E-state index in [0.29, 0.717) is 0 Å². The summed E-state index contributed by atoms with van der Waals surface area (Å²) in [5.41, 5.74) is 9.25. The van der Waals surface area contributed by atoms with Gasteiger partial charge in [0.25, 0.3) is 0 Å². The molecule has 0 spiro atoms. The van der Waals surface area contributed by atoms with Crippen LogP contribution in [0.4, 0.5) is 0 Å². The number of ether oxygens (including phenoxy) is 1. The van der Waals surface area contributed by atoms with Crippen molar-refractivity contribution in [3.8, 4) is 5.75 Å². The zero-order valence-corrected chi connectivity index (χ0v) is 11.8. The van der Waals surface area contributed by atoms with Crippen LogP contribution in [0.25, 0.3) is 0 Å². The van der Waals surface area contributed by atoms with Crippen molar-refractivity contribution in [2.24, 2.45) is 11.1 Å². The number of rotatable bonds is 4. The van der Waals surface area contributed by atoms with Crippen molar-refractivity contribution in [3.05, 3.63) is 29.3 Å². The van der Waals surface area contributed by atoms with Crippen LogP contribution in [0, 0.1) is 5.41 Å². The lowest BCUT2D eigenvalue weighted by atomic mass is 9.75. The Bertz CT molecular complexity index is 435. The highest BCUT2D eigenvalue weighted by atomic mass is 16.5. The molecule has 3 rings (SSSR count). The first kappa shape index (κ1) is 13.0. The van der Waals surface area contributed by atoms with E-state index in [1.807, 2.05) is 0 Å². The molecule has 0 radical (unpaired) electrons. The van der Waals surface area contributed by atoms with Crippen LogP contribution in [0.1, 0.15) is 49.7 Å². The topological polar surface area (TPSA) is 35.2 Å². The molecule has 0 saturated heterocycles. The van der Waals surface area contributed by atoms with E-state index in [-0.39, 0.29) is 5.41 Å². The van der Waals surface area contributed by atoms with E-state index in [1.165, 1.54) is 62.5 Å². The fraction of sp³-hybridized carbons (Fsp3) is 0.647. The van der Waals surface area contributed by atoms with Gasteiger partial charge in [0.15, 0.2) is 0 Å². The van der Waals surface area contributed by atoms with Gasteiger partial charge in [-0.25, -0.2) is 0 Å². The van der Waals surface area contributed by atoms with Gasteiger partial charge in [-0.2, -0.15) is 0 Å². The first-order valence-corrected chi connectivity index (χ1v) is 7.76. The molecule has 2 aliphatic carbocycles. The summed E-state index contributed by atoms with van der Waals surface area (Å²) < 4.78 is 6.08. The van der Waals surface area contributed by atoms with Gasteiger partial charge >= 0.3 is 0 Å². The number of benzene rings is 1. The predicted molar refractivity (Wildman–Crippen MR) is 78.5 cm³/mol. The van der Waals surface area contributed by atoms with Crippen molar-refractivity contribution < 1.29 is 4.74 Å². The molecule has 0 aliphatic heterocycles. The smallest absolute Gasteiger partial charge is 0.119 e. The molecular formula is C17H25NO. The van der Waals surface area contributed by atoms with Crippen molar-refractivity contribution >= 4 is 0 Å². The first-order chi connectivity index (χ1) is 9.31. The summed E-state index contributed by atoms with van der Waals surface area (Å²) in [5.74, 6) is 1.04. The Morgan fingerprint density at radius 2 is 1.79 bits per heavy atom. The zero-order chi connectivity index (χ0) is 13.1. The van der Waals surface area contributed by atoms with Crippen LogP contribution >= 0.6 is 0 Å². The third-order valence-corrected chi connectivity index (χ3v) is 4.96. The van der Waals surface area contributed by atoms with Crippen molar-refractivity contribution in [1.29, 1.82) is 0 Å². The Balaban J connectivity index is 1.65. The minimum absolute atomic E-state index is 0.233. The molecule has 0 bridgehead atoms. The minimum Gasteiger partial charge on any atom is -0.493 e. The van der Waals surface area contributed by atoms with Gasteiger partial charge in [0.05, 0.1) is 6.61 Å². The van der Waals surface area contributed by atoms with Gasteiger partial charge in [-0.1, -0.05) is 25.3 Å². The minimum atomic E-state index is 0.233. The highest BCUT2D eigenvalue weighted by molar-refractivity contribution is 5.38. The summed E-state index contributed by atoms with van der Waals surface area (Å²) in [6, 6.07) is 6.63. The molecule has 0 unspecified atom stereocenters. The summed E-state index contributed by atoms with van der Waals surface area (Å²) in [6.45, 7) is 1.56. The first-order valence-electron chi connectivity index (χ1n) is 7.76. The zero-order valence-electron chi connectivity index (χ0n) is 11.8. The molecule has 2 nitrogen and oxygen atoms in total. The highest BCUT2D eigenvalue weighted by Gasteiger charge is 2.31. The maximum atomic E-state index is 6.08. The second kappa shape index (κ2) is 5.54. The lowest BCUT2D eigenvalue weighted by Crippen LogP contribution is -2.38. The molecule has 19 heavy (non-hydrogen) atoms. The number of nitrogens with two attached hydrogens (primary N) is 1. The van der Waals surface area contributed by atoms with Crippen molar-refractivity contribution in [1.82, 2.24) is 0 Å². The highest BCUT2D eigenvalue weighted by Crippen LogP contribution is 2.36. The molecule has 2 N–H and O–H groups in total. The van der Waals surface area contributed by atoms with Gasteiger partial charge in [0, 0.05) is 12.0 Å². The third kappa shape index (κ3) is 2.79. The van der Waals surface area contributed by atoms with Crippen LogP contribution in [0.15, 0.2) is 18.2 Å². The van der Waals surface area contributed by atoms with E-state index in [0.717, 1.165) is 18.9 Å². The van der Waals surface area contributed by atoms with Crippen LogP contribution < -0.4 is 10.5 Å². The van der Waals surface area contributed by atoms with Crippen molar-refractivity contribution in [2.75, 3.05) is 13.2 Å². The van der Waals surface area contributed by atoms with Crippen molar-refractivity contribution in [3.63, 3.8) is 0 Å².